The van der Waals surface area contributed by atoms with Gasteiger partial charge in [0, 0.05) is 19.3 Å². The Morgan fingerprint density at radius 2 is 0.590 bits per heavy atom. The summed E-state index contributed by atoms with van der Waals surface area (Å²) >= 11 is 0. The Bertz CT molecular complexity index is 1030. The van der Waals surface area contributed by atoms with Crippen LogP contribution in [0, 0.1) is 0 Å². The van der Waals surface area contributed by atoms with Crippen LogP contribution in [-0.2, 0) is 28.6 Å². The average molecular weight is 857 g/mol. The fourth-order valence-electron chi connectivity index (χ4n) is 7.59. The third-order valence-corrected chi connectivity index (χ3v) is 11.6. The topological polar surface area (TPSA) is 78.9 Å². The maximum absolute atomic E-state index is 12.8. The zero-order valence-electron chi connectivity index (χ0n) is 40.7. The number of carbonyl (C=O) groups excluding carboxylic acids is 3. The van der Waals surface area contributed by atoms with Gasteiger partial charge in [0.1, 0.15) is 13.2 Å². The molecule has 6 heteroatoms. The second-order valence-corrected chi connectivity index (χ2v) is 17.8. The molecule has 0 saturated carbocycles. The first-order valence-corrected chi connectivity index (χ1v) is 26.5. The van der Waals surface area contributed by atoms with E-state index in [9.17, 15) is 14.4 Å². The van der Waals surface area contributed by atoms with Crippen molar-refractivity contribution < 1.29 is 28.6 Å². The van der Waals surface area contributed by atoms with Gasteiger partial charge in [-0.1, -0.05) is 218 Å². The zero-order chi connectivity index (χ0) is 44.4. The fraction of sp³-hybridized carbons (Fsp3) is 0.836. The third kappa shape index (κ3) is 48.5. The van der Waals surface area contributed by atoms with Gasteiger partial charge in [0.05, 0.1) is 0 Å². The van der Waals surface area contributed by atoms with Crippen LogP contribution in [-0.4, -0.2) is 37.2 Å². The molecule has 0 fully saturated rings. The average Bonchev–Trinajstić information content (AvgIpc) is 3.26. The Kier molecular flexibility index (Phi) is 48.3. The van der Waals surface area contributed by atoms with Gasteiger partial charge in [0.25, 0.3) is 0 Å². The third-order valence-electron chi connectivity index (χ3n) is 11.6. The molecule has 0 aliphatic carbocycles. The first-order chi connectivity index (χ1) is 30.0. The van der Waals surface area contributed by atoms with Crippen LogP contribution in [0.2, 0.25) is 0 Å². The summed E-state index contributed by atoms with van der Waals surface area (Å²) < 4.78 is 16.8. The van der Waals surface area contributed by atoms with E-state index in [1.165, 1.54) is 161 Å². The molecule has 0 amide bonds. The lowest BCUT2D eigenvalue weighted by molar-refractivity contribution is -0.167. The highest BCUT2D eigenvalue weighted by Gasteiger charge is 2.19. The van der Waals surface area contributed by atoms with Gasteiger partial charge < -0.3 is 14.2 Å². The first kappa shape index (κ1) is 58.6. The van der Waals surface area contributed by atoms with Crippen molar-refractivity contribution in [3.05, 3.63) is 36.5 Å². The van der Waals surface area contributed by atoms with Crippen LogP contribution in [0.15, 0.2) is 36.5 Å². The predicted octanol–water partition coefficient (Wildman–Crippen LogP) is 17.3. The summed E-state index contributed by atoms with van der Waals surface area (Å²) in [5.74, 6) is -0.883. The van der Waals surface area contributed by atoms with Crippen LogP contribution in [0.25, 0.3) is 0 Å². The lowest BCUT2D eigenvalue weighted by Crippen LogP contribution is -2.30. The summed E-state index contributed by atoms with van der Waals surface area (Å²) in [6, 6.07) is 0. The van der Waals surface area contributed by atoms with Crippen molar-refractivity contribution in [2.45, 2.75) is 284 Å². The van der Waals surface area contributed by atoms with Crippen LogP contribution in [0.1, 0.15) is 278 Å². The lowest BCUT2D eigenvalue weighted by Gasteiger charge is -2.18. The van der Waals surface area contributed by atoms with Gasteiger partial charge in [0.2, 0.25) is 0 Å². The summed E-state index contributed by atoms with van der Waals surface area (Å²) in [6.45, 7) is 6.60. The Hall–Kier alpha value is -2.37. The van der Waals surface area contributed by atoms with E-state index in [0.29, 0.717) is 19.3 Å². The van der Waals surface area contributed by atoms with E-state index in [1.54, 1.807) is 0 Å². The highest BCUT2D eigenvalue weighted by atomic mass is 16.6. The summed E-state index contributed by atoms with van der Waals surface area (Å²) in [5, 5.41) is 0. The van der Waals surface area contributed by atoms with E-state index in [1.807, 2.05) is 0 Å². The Balaban J connectivity index is 4.37. The molecule has 0 N–H and O–H groups in total. The molecule has 0 spiro atoms. The number of hydrogen-bond donors (Lipinski definition) is 0. The molecule has 0 aliphatic rings. The summed E-state index contributed by atoms with van der Waals surface area (Å²) in [5.41, 5.74) is 0. The smallest absolute Gasteiger partial charge is 0.306 e. The number of ether oxygens (including phenoxy) is 3. The minimum Gasteiger partial charge on any atom is -0.462 e. The maximum Gasteiger partial charge on any atom is 0.306 e. The molecule has 61 heavy (non-hydrogen) atoms. The van der Waals surface area contributed by atoms with Crippen molar-refractivity contribution in [2.75, 3.05) is 13.2 Å². The number of rotatable bonds is 48. The van der Waals surface area contributed by atoms with Crippen molar-refractivity contribution in [2.24, 2.45) is 0 Å². The number of carbonyl (C=O) groups is 3. The second-order valence-electron chi connectivity index (χ2n) is 17.8. The van der Waals surface area contributed by atoms with E-state index in [4.69, 9.17) is 14.2 Å². The monoisotopic (exact) mass is 857 g/mol. The first-order valence-electron chi connectivity index (χ1n) is 26.5. The SMILES string of the molecule is CCCCCC=CCC=CCCCCCCCC(=O)OC[C@@H](COC(=O)CCCCCCCCCC=CCCCCCC)OC(=O)CCCCCCCCCCCCCCC. The maximum atomic E-state index is 12.8. The molecule has 0 aromatic carbocycles. The molecule has 356 valence electrons. The number of hydrogen-bond acceptors (Lipinski definition) is 6. The highest BCUT2D eigenvalue weighted by Crippen LogP contribution is 2.15. The second kappa shape index (κ2) is 50.3. The standard InChI is InChI=1S/C55H100O6/c1-4-7-10-13-16-19-22-25-27-30-32-35-38-41-44-47-53(56)59-50-52(61-55(58)49-46-43-40-37-34-29-24-21-18-15-12-9-6-3)51-60-54(57)48-45-42-39-36-33-31-28-26-23-20-17-14-11-8-5-2/h16,19-20,23,25,27,52H,4-15,17-18,21-22,24,26,28-51H2,1-3H3/t52-/m0/s1. The van der Waals surface area contributed by atoms with E-state index < -0.39 is 6.10 Å². The van der Waals surface area contributed by atoms with Crippen LogP contribution in [0.3, 0.4) is 0 Å². The van der Waals surface area contributed by atoms with Gasteiger partial charge in [-0.2, -0.15) is 0 Å². The predicted molar refractivity (Wildman–Crippen MR) is 261 cm³/mol. The number of allylic oxidation sites excluding steroid dienone is 6. The molecule has 0 rings (SSSR count). The van der Waals surface area contributed by atoms with Gasteiger partial charge >= 0.3 is 17.9 Å². The Morgan fingerprint density at radius 3 is 0.967 bits per heavy atom. The molecule has 0 unspecified atom stereocenters. The van der Waals surface area contributed by atoms with E-state index in [0.717, 1.165) is 77.0 Å². The van der Waals surface area contributed by atoms with E-state index in [-0.39, 0.29) is 31.1 Å². The minimum atomic E-state index is -0.775. The molecule has 0 aliphatic heterocycles. The molecule has 0 heterocycles. The van der Waals surface area contributed by atoms with Gasteiger partial charge in [-0.05, 0) is 77.0 Å². The van der Waals surface area contributed by atoms with Crippen molar-refractivity contribution in [1.29, 1.82) is 0 Å². The van der Waals surface area contributed by atoms with Crippen LogP contribution < -0.4 is 0 Å². The van der Waals surface area contributed by atoms with Crippen LogP contribution >= 0.6 is 0 Å². The Labute approximate surface area is 378 Å². The molecule has 0 radical (unpaired) electrons. The van der Waals surface area contributed by atoms with Crippen molar-refractivity contribution in [3.63, 3.8) is 0 Å². The summed E-state index contributed by atoms with van der Waals surface area (Å²) in [4.78, 5) is 38.0. The molecule has 0 aromatic rings. The normalized spacial score (nSPS) is 12.2. The van der Waals surface area contributed by atoms with Crippen molar-refractivity contribution in [3.8, 4) is 0 Å². The molecule has 6 nitrogen and oxygen atoms in total. The quantitative estimate of drug-likeness (QED) is 0.0262. The van der Waals surface area contributed by atoms with E-state index >= 15 is 0 Å². The minimum absolute atomic E-state index is 0.0761. The van der Waals surface area contributed by atoms with Gasteiger partial charge in [-0.3, -0.25) is 14.4 Å². The number of unbranched alkanes of at least 4 members (excludes halogenated alkanes) is 31. The molecule has 0 saturated heterocycles. The molecular weight excluding hydrogens is 757 g/mol. The van der Waals surface area contributed by atoms with Crippen molar-refractivity contribution >= 4 is 17.9 Å². The summed E-state index contributed by atoms with van der Waals surface area (Å²) in [7, 11) is 0. The Morgan fingerprint density at radius 1 is 0.328 bits per heavy atom. The van der Waals surface area contributed by atoms with E-state index in [2.05, 4.69) is 57.2 Å². The molecular formula is C55H100O6. The molecule has 1 atom stereocenters. The van der Waals surface area contributed by atoms with Gasteiger partial charge in [-0.25, -0.2) is 0 Å². The molecule has 0 bridgehead atoms. The molecule has 0 aromatic heterocycles. The van der Waals surface area contributed by atoms with Gasteiger partial charge in [0.15, 0.2) is 6.10 Å². The fourth-order valence-corrected chi connectivity index (χ4v) is 7.59. The summed E-state index contributed by atoms with van der Waals surface area (Å²) in [6.07, 6.45) is 58.3. The van der Waals surface area contributed by atoms with Crippen molar-refractivity contribution in [1.82, 2.24) is 0 Å². The van der Waals surface area contributed by atoms with Crippen LogP contribution in [0.5, 0.6) is 0 Å². The zero-order valence-corrected chi connectivity index (χ0v) is 40.7. The highest BCUT2D eigenvalue weighted by molar-refractivity contribution is 5.71. The lowest BCUT2D eigenvalue weighted by atomic mass is 10.0. The van der Waals surface area contributed by atoms with Gasteiger partial charge in [-0.15, -0.1) is 0 Å². The van der Waals surface area contributed by atoms with Crippen LogP contribution in [0.4, 0.5) is 0 Å². The largest absolute Gasteiger partial charge is 0.462 e. The number of esters is 3.